The van der Waals surface area contributed by atoms with Crippen LogP contribution < -0.4 is 4.90 Å². The number of fused-ring (bicyclic) bond motifs is 5. The monoisotopic (exact) mass is 555 g/mol. The zero-order chi connectivity index (χ0) is 29.1. The number of benzene rings is 6. The second-order valence-corrected chi connectivity index (χ2v) is 13.0. The maximum atomic E-state index is 2.49. The molecular weight excluding hydrogens is 518 g/mol. The third-order valence-corrected chi connectivity index (χ3v) is 9.93. The maximum Gasteiger partial charge on any atom is 0.0493 e. The number of nitrogens with zero attached hydrogens (tertiary/aromatic N) is 1. The Hall–Kier alpha value is -4.62. The van der Waals surface area contributed by atoms with Crippen LogP contribution in [0.2, 0.25) is 0 Å². The highest BCUT2D eigenvalue weighted by Crippen LogP contribution is 2.51. The van der Waals surface area contributed by atoms with Crippen LogP contribution in [0.5, 0.6) is 0 Å². The summed E-state index contributed by atoms with van der Waals surface area (Å²) >= 11 is 0. The molecule has 210 valence electrons. The van der Waals surface area contributed by atoms with Crippen LogP contribution >= 0.6 is 0 Å². The van der Waals surface area contributed by atoms with Gasteiger partial charge in [-0.25, -0.2) is 0 Å². The molecule has 0 N–H and O–H groups in total. The second kappa shape index (κ2) is 9.99. The summed E-state index contributed by atoms with van der Waals surface area (Å²) in [5.41, 5.74) is 16.1. The first-order chi connectivity index (χ1) is 21.0. The zero-order valence-electron chi connectivity index (χ0n) is 25.3. The largest absolute Gasteiger partial charge is 0.310 e. The van der Waals surface area contributed by atoms with Crippen LogP contribution in [0.4, 0.5) is 17.1 Å². The molecule has 0 bridgehead atoms. The van der Waals surface area contributed by atoms with Gasteiger partial charge < -0.3 is 4.90 Å². The van der Waals surface area contributed by atoms with Gasteiger partial charge in [0, 0.05) is 22.5 Å². The van der Waals surface area contributed by atoms with E-state index < -0.39 is 0 Å². The average molecular weight is 556 g/mol. The van der Waals surface area contributed by atoms with Crippen LogP contribution in [0.25, 0.3) is 33.0 Å². The normalized spacial score (nSPS) is 14.7. The van der Waals surface area contributed by atoms with Gasteiger partial charge in [-0.15, -0.1) is 0 Å². The average Bonchev–Trinajstić information content (AvgIpc) is 3.27. The van der Waals surface area contributed by atoms with Crippen molar-refractivity contribution in [1.82, 2.24) is 0 Å². The zero-order valence-corrected chi connectivity index (χ0v) is 25.3. The summed E-state index contributed by atoms with van der Waals surface area (Å²) in [6.45, 7) is 7.02. The van der Waals surface area contributed by atoms with Crippen LogP contribution in [0.1, 0.15) is 54.5 Å². The minimum absolute atomic E-state index is 0.0432. The van der Waals surface area contributed by atoms with E-state index in [1.165, 1.54) is 104 Å². The summed E-state index contributed by atoms with van der Waals surface area (Å²) in [5.74, 6) is 0. The minimum Gasteiger partial charge on any atom is -0.310 e. The van der Waals surface area contributed by atoms with Gasteiger partial charge in [-0.2, -0.15) is 0 Å². The molecule has 0 fully saturated rings. The predicted octanol–water partition coefficient (Wildman–Crippen LogP) is 11.5. The third-order valence-electron chi connectivity index (χ3n) is 9.93. The number of hydrogen-bond donors (Lipinski definition) is 0. The van der Waals surface area contributed by atoms with Crippen LogP contribution in [0.15, 0.2) is 121 Å². The van der Waals surface area contributed by atoms with Crippen molar-refractivity contribution in [2.75, 3.05) is 4.90 Å². The van der Waals surface area contributed by atoms with Crippen molar-refractivity contribution >= 4 is 27.8 Å². The number of anilines is 3. The highest BCUT2D eigenvalue weighted by atomic mass is 15.1. The first-order valence-electron chi connectivity index (χ1n) is 15.7. The topological polar surface area (TPSA) is 3.24 Å². The molecule has 0 atom stereocenters. The molecule has 0 amide bonds. The number of rotatable bonds is 4. The van der Waals surface area contributed by atoms with Gasteiger partial charge in [0.05, 0.1) is 0 Å². The van der Waals surface area contributed by atoms with Gasteiger partial charge in [-0.3, -0.25) is 0 Å². The first kappa shape index (κ1) is 26.0. The molecule has 0 aromatic heterocycles. The Bertz CT molecular complexity index is 2010. The summed E-state index contributed by atoms with van der Waals surface area (Å²) in [6, 6.07) is 45.5. The molecule has 0 saturated carbocycles. The Kier molecular flexibility index (Phi) is 6.05. The molecule has 0 unspecified atom stereocenters. The molecule has 6 aromatic carbocycles. The number of hydrogen-bond acceptors (Lipinski definition) is 1. The lowest BCUT2D eigenvalue weighted by molar-refractivity contribution is 0.660. The molecular formula is C42H37N. The van der Waals surface area contributed by atoms with E-state index in [0.29, 0.717) is 0 Å². The van der Waals surface area contributed by atoms with E-state index in [4.69, 9.17) is 0 Å². The molecule has 0 heterocycles. The fourth-order valence-corrected chi connectivity index (χ4v) is 7.57. The predicted molar refractivity (Wildman–Crippen MR) is 183 cm³/mol. The molecule has 0 aliphatic heterocycles. The lowest BCUT2D eigenvalue weighted by Gasteiger charge is -2.31. The van der Waals surface area contributed by atoms with E-state index in [0.717, 1.165) is 0 Å². The fourth-order valence-electron chi connectivity index (χ4n) is 7.57. The quantitative estimate of drug-likeness (QED) is 0.209. The van der Waals surface area contributed by atoms with E-state index in [1.54, 1.807) is 0 Å². The maximum absolute atomic E-state index is 2.49. The molecule has 0 radical (unpaired) electrons. The summed E-state index contributed by atoms with van der Waals surface area (Å²) in [6.07, 6.45) is 4.94. The van der Waals surface area contributed by atoms with Crippen LogP contribution in [-0.2, 0) is 18.3 Å². The third kappa shape index (κ3) is 4.29. The van der Waals surface area contributed by atoms with Crippen molar-refractivity contribution in [3.63, 3.8) is 0 Å². The Morgan fingerprint density at radius 3 is 2.00 bits per heavy atom. The minimum atomic E-state index is -0.0432. The molecule has 2 aliphatic carbocycles. The van der Waals surface area contributed by atoms with Crippen molar-refractivity contribution < 1.29 is 0 Å². The van der Waals surface area contributed by atoms with Crippen molar-refractivity contribution in [2.45, 2.75) is 51.9 Å². The van der Waals surface area contributed by atoms with Gasteiger partial charge in [0.15, 0.2) is 0 Å². The molecule has 0 saturated heterocycles. The summed E-state index contributed by atoms with van der Waals surface area (Å²) in [5, 5.41) is 2.55. The van der Waals surface area contributed by atoms with Crippen molar-refractivity contribution in [3.8, 4) is 22.3 Å². The van der Waals surface area contributed by atoms with Crippen LogP contribution in [0, 0.1) is 6.92 Å². The summed E-state index contributed by atoms with van der Waals surface area (Å²) < 4.78 is 0. The lowest BCUT2D eigenvalue weighted by Crippen LogP contribution is -2.17. The number of aryl methyl sites for hydroxylation is 3. The van der Waals surface area contributed by atoms with Crippen molar-refractivity contribution in [3.05, 3.63) is 149 Å². The Morgan fingerprint density at radius 2 is 1.19 bits per heavy atom. The van der Waals surface area contributed by atoms with Gasteiger partial charge in [0.25, 0.3) is 0 Å². The lowest BCUT2D eigenvalue weighted by atomic mass is 9.82. The fraction of sp³-hybridized carbons (Fsp3) is 0.190. The van der Waals surface area contributed by atoms with Crippen LogP contribution in [-0.4, -0.2) is 0 Å². The van der Waals surface area contributed by atoms with Crippen LogP contribution in [0.3, 0.4) is 0 Å². The van der Waals surface area contributed by atoms with E-state index in [9.17, 15) is 0 Å². The van der Waals surface area contributed by atoms with E-state index in [2.05, 4.69) is 147 Å². The van der Waals surface area contributed by atoms with Gasteiger partial charge in [-0.1, -0.05) is 98.8 Å². The van der Waals surface area contributed by atoms with Gasteiger partial charge in [0.2, 0.25) is 0 Å². The molecule has 43 heavy (non-hydrogen) atoms. The standard InChI is InChI=1S/C42H37N/c1-28-24-31-11-6-7-13-33(31)26-41(28)43(36-22-23-38-37-14-8-9-15-39(37)42(2,3)40(38)27-36)35-20-18-30(19-21-35)34-17-16-29-10-4-5-12-32(29)25-34/h4-5,8-10,12,14-27H,6-7,11,13H2,1-3H3. The van der Waals surface area contributed by atoms with Gasteiger partial charge in [-0.05, 0) is 130 Å². The second-order valence-electron chi connectivity index (χ2n) is 13.0. The van der Waals surface area contributed by atoms with E-state index >= 15 is 0 Å². The SMILES string of the molecule is Cc1cc2c(cc1N(c1ccc(-c3ccc4ccccc4c3)cc1)c1ccc3c(c1)C(C)(C)c1ccccc1-3)CCCC2. The summed E-state index contributed by atoms with van der Waals surface area (Å²) in [7, 11) is 0. The molecule has 0 spiro atoms. The van der Waals surface area contributed by atoms with Crippen molar-refractivity contribution in [2.24, 2.45) is 0 Å². The van der Waals surface area contributed by atoms with E-state index in [1.807, 2.05) is 0 Å². The molecule has 1 heteroatoms. The van der Waals surface area contributed by atoms with Gasteiger partial charge in [0.1, 0.15) is 0 Å². The Morgan fingerprint density at radius 1 is 0.535 bits per heavy atom. The summed E-state index contributed by atoms with van der Waals surface area (Å²) in [4.78, 5) is 2.49. The van der Waals surface area contributed by atoms with E-state index in [-0.39, 0.29) is 5.41 Å². The Labute approximate surface area is 255 Å². The first-order valence-corrected chi connectivity index (χ1v) is 15.7. The highest BCUT2D eigenvalue weighted by molar-refractivity contribution is 5.89. The smallest absolute Gasteiger partial charge is 0.0493 e. The Balaban J connectivity index is 1.26. The molecule has 1 nitrogen and oxygen atoms in total. The van der Waals surface area contributed by atoms with Gasteiger partial charge >= 0.3 is 0 Å². The molecule has 8 rings (SSSR count). The highest BCUT2D eigenvalue weighted by Gasteiger charge is 2.35. The molecule has 6 aromatic rings. The molecule has 2 aliphatic rings. The van der Waals surface area contributed by atoms with Crippen molar-refractivity contribution in [1.29, 1.82) is 0 Å².